The molecular formula is C18H28N4O3. The van der Waals surface area contributed by atoms with Gasteiger partial charge in [-0.25, -0.2) is 0 Å². The molecule has 2 N–H and O–H groups in total. The molecule has 7 nitrogen and oxygen atoms in total. The van der Waals surface area contributed by atoms with Crippen molar-refractivity contribution in [3.63, 3.8) is 0 Å². The van der Waals surface area contributed by atoms with E-state index in [0.29, 0.717) is 18.8 Å². The van der Waals surface area contributed by atoms with E-state index in [2.05, 4.69) is 15.5 Å². The summed E-state index contributed by atoms with van der Waals surface area (Å²) in [5.41, 5.74) is 0. The third-order valence-electron chi connectivity index (χ3n) is 4.96. The lowest BCUT2D eigenvalue weighted by molar-refractivity contribution is -0.126. The predicted molar refractivity (Wildman–Crippen MR) is 94.3 cm³/mol. The molecule has 1 aromatic heterocycles. The molecule has 3 heterocycles. The summed E-state index contributed by atoms with van der Waals surface area (Å²) in [5, 5.41) is 6.35. The largest absolute Gasteiger partial charge is 0.459 e. The Kier molecular flexibility index (Phi) is 6.47. The van der Waals surface area contributed by atoms with Gasteiger partial charge in [0, 0.05) is 39.3 Å². The van der Waals surface area contributed by atoms with E-state index in [1.165, 1.54) is 6.26 Å². The number of hydrogen-bond acceptors (Lipinski definition) is 5. The summed E-state index contributed by atoms with van der Waals surface area (Å²) in [6, 6.07) is 2.97. The quantitative estimate of drug-likeness (QED) is 0.740. The van der Waals surface area contributed by atoms with Crippen molar-refractivity contribution in [2.45, 2.75) is 31.7 Å². The summed E-state index contributed by atoms with van der Waals surface area (Å²) < 4.78 is 5.21. The number of carbonyl (C=O) groups is 2. The molecule has 1 aromatic rings. The molecule has 2 aliphatic heterocycles. The fourth-order valence-corrected chi connectivity index (χ4v) is 3.56. The van der Waals surface area contributed by atoms with Crippen LogP contribution >= 0.6 is 0 Å². The second kappa shape index (κ2) is 9.01. The number of piperazine rings is 1. The Morgan fingerprint density at radius 3 is 2.84 bits per heavy atom. The van der Waals surface area contributed by atoms with Crippen molar-refractivity contribution in [3.8, 4) is 0 Å². The summed E-state index contributed by atoms with van der Waals surface area (Å²) >= 11 is 0. The van der Waals surface area contributed by atoms with Crippen LogP contribution in [0.4, 0.5) is 0 Å². The SMILES string of the molecule is O=C(NCCCN1CCNCC1)C1CCCCN1C(=O)c1ccco1. The third-order valence-corrected chi connectivity index (χ3v) is 4.96. The lowest BCUT2D eigenvalue weighted by Gasteiger charge is -2.34. The molecule has 1 atom stereocenters. The number of likely N-dealkylation sites (tertiary alicyclic amines) is 1. The van der Waals surface area contributed by atoms with Crippen LogP contribution in [0.15, 0.2) is 22.8 Å². The molecule has 7 heteroatoms. The summed E-state index contributed by atoms with van der Waals surface area (Å²) in [5.74, 6) is 0.0731. The predicted octanol–water partition coefficient (Wildman–Crippen LogP) is 0.686. The van der Waals surface area contributed by atoms with Crippen molar-refractivity contribution in [3.05, 3.63) is 24.2 Å². The number of furan rings is 1. The minimum Gasteiger partial charge on any atom is -0.459 e. The zero-order valence-electron chi connectivity index (χ0n) is 14.7. The summed E-state index contributed by atoms with van der Waals surface area (Å²) in [6.07, 6.45) is 5.04. The minimum atomic E-state index is -0.384. The molecule has 0 spiro atoms. The standard InChI is InChI=1S/C18H28N4O3/c23-17(20-7-4-10-21-12-8-19-9-13-21)15-5-1-2-11-22(15)18(24)16-6-3-14-25-16/h3,6,14-15,19H,1-2,4-5,7-13H2,(H,20,23). The number of hydrogen-bond donors (Lipinski definition) is 2. The number of piperidine rings is 1. The maximum Gasteiger partial charge on any atom is 0.290 e. The lowest BCUT2D eigenvalue weighted by atomic mass is 10.0. The zero-order valence-corrected chi connectivity index (χ0v) is 14.7. The van der Waals surface area contributed by atoms with Crippen molar-refractivity contribution >= 4 is 11.8 Å². The van der Waals surface area contributed by atoms with Crippen LogP contribution in [0, 0.1) is 0 Å². The Balaban J connectivity index is 1.46. The van der Waals surface area contributed by atoms with Gasteiger partial charge in [-0.1, -0.05) is 0 Å². The number of amides is 2. The first kappa shape index (κ1) is 17.9. The molecule has 2 fully saturated rings. The Morgan fingerprint density at radius 1 is 1.24 bits per heavy atom. The van der Waals surface area contributed by atoms with E-state index in [0.717, 1.165) is 58.4 Å². The second-order valence-electron chi connectivity index (χ2n) is 6.72. The van der Waals surface area contributed by atoms with Crippen LogP contribution in [0.2, 0.25) is 0 Å². The molecule has 138 valence electrons. The maximum atomic E-state index is 12.6. The molecule has 0 aromatic carbocycles. The number of nitrogens with one attached hydrogen (secondary N) is 2. The second-order valence-corrected chi connectivity index (χ2v) is 6.72. The van der Waals surface area contributed by atoms with Crippen molar-refractivity contribution in [1.82, 2.24) is 20.4 Å². The average molecular weight is 348 g/mol. The first-order valence-corrected chi connectivity index (χ1v) is 9.31. The van der Waals surface area contributed by atoms with Gasteiger partial charge in [0.15, 0.2) is 5.76 Å². The maximum absolute atomic E-state index is 12.6. The van der Waals surface area contributed by atoms with E-state index in [1.54, 1.807) is 17.0 Å². The highest BCUT2D eigenvalue weighted by Crippen LogP contribution is 2.20. The Hall–Kier alpha value is -1.86. The van der Waals surface area contributed by atoms with Gasteiger partial charge in [-0.05, 0) is 44.4 Å². The molecule has 3 rings (SSSR count). The summed E-state index contributed by atoms with van der Waals surface area (Å²) in [6.45, 7) is 6.49. The van der Waals surface area contributed by atoms with Gasteiger partial charge in [0.05, 0.1) is 6.26 Å². The van der Waals surface area contributed by atoms with Crippen molar-refractivity contribution in [2.75, 3.05) is 45.8 Å². The Bertz CT molecular complexity index is 555. The van der Waals surface area contributed by atoms with Crippen molar-refractivity contribution < 1.29 is 14.0 Å². The van der Waals surface area contributed by atoms with E-state index in [-0.39, 0.29) is 17.9 Å². The van der Waals surface area contributed by atoms with Crippen LogP contribution in [0.1, 0.15) is 36.2 Å². The van der Waals surface area contributed by atoms with Crippen LogP contribution in [0.3, 0.4) is 0 Å². The van der Waals surface area contributed by atoms with Crippen LogP contribution < -0.4 is 10.6 Å². The first-order valence-electron chi connectivity index (χ1n) is 9.31. The molecule has 0 radical (unpaired) electrons. The molecule has 0 aliphatic carbocycles. The van der Waals surface area contributed by atoms with Gasteiger partial charge in [-0.3, -0.25) is 9.59 Å². The lowest BCUT2D eigenvalue weighted by Crippen LogP contribution is -2.52. The minimum absolute atomic E-state index is 0.0417. The fraction of sp³-hybridized carbons (Fsp3) is 0.667. The first-order chi connectivity index (χ1) is 12.3. The molecule has 2 saturated heterocycles. The van der Waals surface area contributed by atoms with Gasteiger partial charge >= 0.3 is 0 Å². The molecule has 1 unspecified atom stereocenters. The van der Waals surface area contributed by atoms with Gasteiger partial charge in [-0.15, -0.1) is 0 Å². The summed E-state index contributed by atoms with van der Waals surface area (Å²) in [7, 11) is 0. The fourth-order valence-electron chi connectivity index (χ4n) is 3.56. The number of nitrogens with zero attached hydrogens (tertiary/aromatic N) is 2. The van der Waals surface area contributed by atoms with Crippen LogP contribution in [0.5, 0.6) is 0 Å². The molecule has 2 aliphatic rings. The highest BCUT2D eigenvalue weighted by Gasteiger charge is 2.33. The smallest absolute Gasteiger partial charge is 0.290 e. The van der Waals surface area contributed by atoms with Crippen LogP contribution in [0.25, 0.3) is 0 Å². The number of rotatable bonds is 6. The highest BCUT2D eigenvalue weighted by molar-refractivity contribution is 5.95. The van der Waals surface area contributed by atoms with Gasteiger partial charge in [-0.2, -0.15) is 0 Å². The Morgan fingerprint density at radius 2 is 2.08 bits per heavy atom. The molecule has 0 saturated carbocycles. The normalized spacial score (nSPS) is 21.9. The van der Waals surface area contributed by atoms with Crippen molar-refractivity contribution in [2.24, 2.45) is 0 Å². The third kappa shape index (κ3) is 4.83. The van der Waals surface area contributed by atoms with E-state index < -0.39 is 0 Å². The zero-order chi connectivity index (χ0) is 17.5. The average Bonchev–Trinajstić information content (AvgIpc) is 3.20. The van der Waals surface area contributed by atoms with Gasteiger partial charge in [0.25, 0.3) is 5.91 Å². The van der Waals surface area contributed by atoms with E-state index in [9.17, 15) is 9.59 Å². The molecule has 25 heavy (non-hydrogen) atoms. The van der Waals surface area contributed by atoms with Crippen LogP contribution in [-0.2, 0) is 4.79 Å². The topological polar surface area (TPSA) is 77.8 Å². The summed E-state index contributed by atoms with van der Waals surface area (Å²) in [4.78, 5) is 29.2. The Labute approximate surface area is 148 Å². The van der Waals surface area contributed by atoms with Crippen LogP contribution in [-0.4, -0.2) is 73.5 Å². The van der Waals surface area contributed by atoms with E-state index in [4.69, 9.17) is 4.42 Å². The van der Waals surface area contributed by atoms with E-state index >= 15 is 0 Å². The molecule has 0 bridgehead atoms. The number of carbonyl (C=O) groups excluding carboxylic acids is 2. The highest BCUT2D eigenvalue weighted by atomic mass is 16.3. The molecular weight excluding hydrogens is 320 g/mol. The monoisotopic (exact) mass is 348 g/mol. The van der Waals surface area contributed by atoms with Gasteiger partial charge < -0.3 is 24.9 Å². The van der Waals surface area contributed by atoms with E-state index in [1.807, 2.05) is 0 Å². The van der Waals surface area contributed by atoms with Gasteiger partial charge in [0.1, 0.15) is 6.04 Å². The van der Waals surface area contributed by atoms with Crippen molar-refractivity contribution in [1.29, 1.82) is 0 Å². The molecule has 2 amide bonds. The van der Waals surface area contributed by atoms with Gasteiger partial charge in [0.2, 0.25) is 5.91 Å².